The Kier molecular flexibility index (Phi) is 4.14. The molecule has 0 saturated heterocycles. The number of carbonyl (C=O) groups excluding carboxylic acids is 1. The lowest BCUT2D eigenvalue weighted by Gasteiger charge is -2.25. The third-order valence-electron chi connectivity index (χ3n) is 3.17. The number of amides is 1. The molecule has 18 heavy (non-hydrogen) atoms. The molecule has 0 fully saturated rings. The summed E-state index contributed by atoms with van der Waals surface area (Å²) in [5, 5.41) is 8.49. The van der Waals surface area contributed by atoms with Gasteiger partial charge in [-0.2, -0.15) is 5.26 Å². The molecule has 1 aliphatic heterocycles. The van der Waals surface area contributed by atoms with Crippen molar-refractivity contribution in [3.8, 4) is 6.07 Å². The zero-order valence-corrected chi connectivity index (χ0v) is 10.2. The second-order valence-corrected chi connectivity index (χ2v) is 4.50. The third kappa shape index (κ3) is 3.21. The Morgan fingerprint density at radius 1 is 1.39 bits per heavy atom. The summed E-state index contributed by atoms with van der Waals surface area (Å²) in [7, 11) is 0. The van der Waals surface area contributed by atoms with Crippen molar-refractivity contribution in [3.05, 3.63) is 48.2 Å². The molecule has 1 atom stereocenters. The molecule has 0 bridgehead atoms. The van der Waals surface area contributed by atoms with Crippen molar-refractivity contribution >= 4 is 5.91 Å². The van der Waals surface area contributed by atoms with E-state index in [2.05, 4.69) is 18.2 Å². The molecular weight excluding hydrogens is 224 g/mol. The fraction of sp³-hybridized carbons (Fsp3) is 0.333. The molecule has 0 radical (unpaired) electrons. The van der Waals surface area contributed by atoms with E-state index in [4.69, 9.17) is 5.26 Å². The Balaban J connectivity index is 1.91. The fourth-order valence-electron chi connectivity index (χ4n) is 2.17. The average molecular weight is 240 g/mol. The van der Waals surface area contributed by atoms with Crippen LogP contribution in [-0.2, 0) is 11.2 Å². The van der Waals surface area contributed by atoms with Gasteiger partial charge in [-0.25, -0.2) is 0 Å². The molecule has 1 aromatic rings. The highest BCUT2D eigenvalue weighted by Gasteiger charge is 2.17. The summed E-state index contributed by atoms with van der Waals surface area (Å²) in [6.45, 7) is 0.717. The summed E-state index contributed by atoms with van der Waals surface area (Å²) in [5.41, 5.74) is 1.32. The highest BCUT2D eigenvalue weighted by atomic mass is 16.2. The van der Waals surface area contributed by atoms with Crippen molar-refractivity contribution < 1.29 is 4.79 Å². The largest absolute Gasteiger partial charge is 0.318 e. The van der Waals surface area contributed by atoms with Gasteiger partial charge in [0.05, 0.1) is 6.07 Å². The van der Waals surface area contributed by atoms with Gasteiger partial charge >= 0.3 is 0 Å². The van der Waals surface area contributed by atoms with Crippen LogP contribution in [0.4, 0.5) is 0 Å². The van der Waals surface area contributed by atoms with Crippen LogP contribution in [0.2, 0.25) is 0 Å². The summed E-state index contributed by atoms with van der Waals surface area (Å²) >= 11 is 0. The summed E-state index contributed by atoms with van der Waals surface area (Å²) in [5.74, 6) is 0.380. The molecule has 1 amide bonds. The molecule has 0 aromatic heterocycles. The first-order valence-electron chi connectivity index (χ1n) is 6.18. The minimum Gasteiger partial charge on any atom is -0.318 e. The van der Waals surface area contributed by atoms with Crippen LogP contribution < -0.4 is 0 Å². The predicted octanol–water partition coefficient (Wildman–Crippen LogP) is 2.50. The Morgan fingerprint density at radius 3 is 2.78 bits per heavy atom. The SMILES string of the molecule is N#CCC(=O)N1C=C[C@@H](Cc2ccccc2)CC1. The van der Waals surface area contributed by atoms with E-state index in [0.29, 0.717) is 12.5 Å². The van der Waals surface area contributed by atoms with Gasteiger partial charge in [-0.3, -0.25) is 4.79 Å². The Morgan fingerprint density at radius 2 is 2.17 bits per heavy atom. The maximum Gasteiger partial charge on any atom is 0.240 e. The van der Waals surface area contributed by atoms with Crippen LogP contribution in [0.5, 0.6) is 0 Å². The number of nitriles is 1. The highest BCUT2D eigenvalue weighted by molar-refractivity contribution is 5.79. The molecule has 0 unspecified atom stereocenters. The van der Waals surface area contributed by atoms with Crippen molar-refractivity contribution in [1.82, 2.24) is 4.90 Å². The topological polar surface area (TPSA) is 44.1 Å². The van der Waals surface area contributed by atoms with Crippen LogP contribution >= 0.6 is 0 Å². The molecule has 0 saturated carbocycles. The molecule has 92 valence electrons. The van der Waals surface area contributed by atoms with Crippen LogP contribution in [0.1, 0.15) is 18.4 Å². The van der Waals surface area contributed by atoms with Crippen molar-refractivity contribution in [2.45, 2.75) is 19.3 Å². The summed E-state index contributed by atoms with van der Waals surface area (Å²) in [6.07, 6.45) is 5.84. The quantitative estimate of drug-likeness (QED) is 0.814. The second kappa shape index (κ2) is 6.02. The number of hydrogen-bond donors (Lipinski definition) is 0. The van der Waals surface area contributed by atoms with E-state index < -0.39 is 0 Å². The maximum atomic E-state index is 11.5. The van der Waals surface area contributed by atoms with Gasteiger partial charge in [0.25, 0.3) is 0 Å². The first-order valence-corrected chi connectivity index (χ1v) is 6.18. The van der Waals surface area contributed by atoms with E-state index in [1.54, 1.807) is 4.90 Å². The molecule has 1 aliphatic rings. The van der Waals surface area contributed by atoms with E-state index in [0.717, 1.165) is 12.8 Å². The van der Waals surface area contributed by atoms with Gasteiger partial charge < -0.3 is 4.90 Å². The number of allylic oxidation sites excluding steroid dienone is 1. The fourth-order valence-corrected chi connectivity index (χ4v) is 2.17. The van der Waals surface area contributed by atoms with Gasteiger partial charge in [0.2, 0.25) is 5.91 Å². The molecule has 0 aliphatic carbocycles. The average Bonchev–Trinajstić information content (AvgIpc) is 2.41. The van der Waals surface area contributed by atoms with Crippen molar-refractivity contribution in [2.75, 3.05) is 6.54 Å². The lowest BCUT2D eigenvalue weighted by atomic mass is 9.94. The lowest BCUT2D eigenvalue weighted by molar-refractivity contribution is -0.127. The minimum atomic E-state index is -0.105. The number of rotatable bonds is 3. The van der Waals surface area contributed by atoms with Gasteiger partial charge in [0, 0.05) is 12.7 Å². The molecule has 0 N–H and O–H groups in total. The van der Waals surface area contributed by atoms with Gasteiger partial charge in [0.1, 0.15) is 6.42 Å². The van der Waals surface area contributed by atoms with Crippen LogP contribution in [-0.4, -0.2) is 17.4 Å². The standard InChI is InChI=1S/C15H16N2O/c16-9-6-15(18)17-10-7-14(8-11-17)12-13-4-2-1-3-5-13/h1-5,7,10,14H,6,8,11-12H2/t14-/m1/s1. The van der Waals surface area contributed by atoms with E-state index in [1.807, 2.05) is 30.5 Å². The van der Waals surface area contributed by atoms with Gasteiger partial charge in [0.15, 0.2) is 0 Å². The zero-order valence-electron chi connectivity index (χ0n) is 10.2. The zero-order chi connectivity index (χ0) is 12.8. The molecular formula is C15H16N2O. The van der Waals surface area contributed by atoms with Gasteiger partial charge in [-0.15, -0.1) is 0 Å². The number of hydrogen-bond acceptors (Lipinski definition) is 2. The molecule has 1 heterocycles. The molecule has 3 heteroatoms. The van der Waals surface area contributed by atoms with Crippen LogP contribution in [0.25, 0.3) is 0 Å². The van der Waals surface area contributed by atoms with Gasteiger partial charge in [-0.1, -0.05) is 36.4 Å². The Labute approximate surface area is 107 Å². The number of nitrogens with zero attached hydrogens (tertiary/aromatic N) is 2. The lowest BCUT2D eigenvalue weighted by Crippen LogP contribution is -2.30. The van der Waals surface area contributed by atoms with Crippen molar-refractivity contribution in [1.29, 1.82) is 5.26 Å². The van der Waals surface area contributed by atoms with Crippen LogP contribution in [0, 0.1) is 17.2 Å². The van der Waals surface area contributed by atoms with Crippen molar-refractivity contribution in [3.63, 3.8) is 0 Å². The number of benzene rings is 1. The first-order chi connectivity index (χ1) is 8.79. The Hall–Kier alpha value is -2.08. The summed E-state index contributed by atoms with van der Waals surface area (Å²) in [6, 6.07) is 12.3. The van der Waals surface area contributed by atoms with E-state index in [-0.39, 0.29) is 12.3 Å². The maximum absolute atomic E-state index is 11.5. The Bertz CT molecular complexity index is 473. The smallest absolute Gasteiger partial charge is 0.240 e. The molecule has 3 nitrogen and oxygen atoms in total. The van der Waals surface area contributed by atoms with Gasteiger partial charge in [-0.05, 0) is 24.3 Å². The normalized spacial score (nSPS) is 18.4. The molecule has 2 rings (SSSR count). The second-order valence-electron chi connectivity index (χ2n) is 4.50. The minimum absolute atomic E-state index is 0.0340. The first kappa shape index (κ1) is 12.4. The van der Waals surface area contributed by atoms with E-state index >= 15 is 0 Å². The van der Waals surface area contributed by atoms with Crippen LogP contribution in [0.3, 0.4) is 0 Å². The van der Waals surface area contributed by atoms with E-state index in [9.17, 15) is 4.79 Å². The molecule has 1 aromatic carbocycles. The predicted molar refractivity (Wildman–Crippen MR) is 69.3 cm³/mol. The monoisotopic (exact) mass is 240 g/mol. The van der Waals surface area contributed by atoms with Crippen molar-refractivity contribution in [2.24, 2.45) is 5.92 Å². The van der Waals surface area contributed by atoms with Crippen LogP contribution in [0.15, 0.2) is 42.6 Å². The molecule has 0 spiro atoms. The number of carbonyl (C=O) groups is 1. The summed E-state index contributed by atoms with van der Waals surface area (Å²) < 4.78 is 0. The highest BCUT2D eigenvalue weighted by Crippen LogP contribution is 2.19. The van der Waals surface area contributed by atoms with E-state index in [1.165, 1.54) is 5.56 Å². The summed E-state index contributed by atoms with van der Waals surface area (Å²) in [4.78, 5) is 13.2. The third-order valence-corrected chi connectivity index (χ3v) is 3.17.